The number of phenols is 2. The molecule has 0 fully saturated rings. The number of rotatable bonds is 6. The zero-order valence-electron chi connectivity index (χ0n) is 18.6. The molecule has 5 heteroatoms. The number of benzene rings is 2. The van der Waals surface area contributed by atoms with Gasteiger partial charge in [0.15, 0.2) is 0 Å². The summed E-state index contributed by atoms with van der Waals surface area (Å²) >= 11 is 0. The van der Waals surface area contributed by atoms with E-state index in [1.54, 1.807) is 13.2 Å². The Hall–Kier alpha value is -3.47. The van der Waals surface area contributed by atoms with Crippen molar-refractivity contribution in [2.45, 2.75) is 40.5 Å². The summed E-state index contributed by atoms with van der Waals surface area (Å²) < 4.78 is 11.1. The zero-order valence-corrected chi connectivity index (χ0v) is 18.6. The van der Waals surface area contributed by atoms with E-state index in [0.29, 0.717) is 29.5 Å². The van der Waals surface area contributed by atoms with Crippen LogP contribution in [0.4, 0.5) is 0 Å². The molecule has 0 spiro atoms. The smallest absolute Gasteiger partial charge is 0.204 e. The lowest BCUT2D eigenvalue weighted by atomic mass is 9.98. The monoisotopic (exact) mass is 420 g/mol. The fourth-order valence-corrected chi connectivity index (χ4v) is 3.42. The molecule has 0 atom stereocenters. The summed E-state index contributed by atoms with van der Waals surface area (Å²) in [5, 5.41) is 21.2. The minimum Gasteiger partial charge on any atom is -0.507 e. The van der Waals surface area contributed by atoms with Gasteiger partial charge < -0.3 is 19.4 Å². The normalized spacial score (nSPS) is 10.7. The predicted octanol–water partition coefficient (Wildman–Crippen LogP) is 5.90. The Morgan fingerprint density at radius 1 is 1.03 bits per heavy atom. The standard InChI is InChI=1S/C26H28O5/c1-15(2)6-8-18-12-17(9-11-22(18)30-5)20-14-31-23-13-21(27)19(10-7-16(3)4)25(28)24(23)26(20)29/h6-7,9,11-14,27-28H,8,10H2,1-5H3. The molecule has 0 aliphatic heterocycles. The molecule has 3 rings (SSSR count). The van der Waals surface area contributed by atoms with E-state index >= 15 is 0 Å². The van der Waals surface area contributed by atoms with Gasteiger partial charge in [-0.15, -0.1) is 0 Å². The summed E-state index contributed by atoms with van der Waals surface area (Å²) in [6.07, 6.45) is 6.32. The van der Waals surface area contributed by atoms with Gasteiger partial charge in [0.05, 0.1) is 12.7 Å². The van der Waals surface area contributed by atoms with Crippen LogP contribution in [0.1, 0.15) is 38.8 Å². The Kier molecular flexibility index (Phi) is 6.54. The fraction of sp³-hybridized carbons (Fsp3) is 0.269. The van der Waals surface area contributed by atoms with E-state index in [-0.39, 0.29) is 27.9 Å². The minimum atomic E-state index is -0.351. The lowest BCUT2D eigenvalue weighted by Gasteiger charge is -2.12. The van der Waals surface area contributed by atoms with Crippen LogP contribution in [0.5, 0.6) is 17.2 Å². The molecule has 31 heavy (non-hydrogen) atoms. The van der Waals surface area contributed by atoms with Crippen LogP contribution in [0.2, 0.25) is 0 Å². The molecule has 5 nitrogen and oxygen atoms in total. The van der Waals surface area contributed by atoms with Gasteiger partial charge in [-0.2, -0.15) is 0 Å². The van der Waals surface area contributed by atoms with Gasteiger partial charge in [-0.3, -0.25) is 4.79 Å². The van der Waals surface area contributed by atoms with E-state index < -0.39 is 0 Å². The van der Waals surface area contributed by atoms with E-state index in [4.69, 9.17) is 9.15 Å². The lowest BCUT2D eigenvalue weighted by molar-refractivity contribution is 0.411. The molecule has 0 saturated carbocycles. The van der Waals surface area contributed by atoms with Gasteiger partial charge in [0.2, 0.25) is 5.43 Å². The van der Waals surface area contributed by atoms with Gasteiger partial charge in [0.25, 0.3) is 0 Å². The quantitative estimate of drug-likeness (QED) is 0.486. The van der Waals surface area contributed by atoms with Gasteiger partial charge in [-0.05, 0) is 63.8 Å². The van der Waals surface area contributed by atoms with Crippen LogP contribution in [0.25, 0.3) is 22.1 Å². The summed E-state index contributed by atoms with van der Waals surface area (Å²) in [5.41, 5.74) is 4.28. The molecule has 0 saturated heterocycles. The molecule has 0 aliphatic rings. The SMILES string of the molecule is COc1ccc(-c2coc3cc(O)c(CC=C(C)C)c(O)c3c2=O)cc1CC=C(C)C. The first-order valence-corrected chi connectivity index (χ1v) is 10.2. The first-order chi connectivity index (χ1) is 14.7. The Labute approximate surface area is 181 Å². The van der Waals surface area contributed by atoms with Crippen LogP contribution in [0.3, 0.4) is 0 Å². The van der Waals surface area contributed by atoms with Crippen molar-refractivity contribution in [3.63, 3.8) is 0 Å². The largest absolute Gasteiger partial charge is 0.507 e. The highest BCUT2D eigenvalue weighted by Crippen LogP contribution is 2.36. The Morgan fingerprint density at radius 3 is 2.35 bits per heavy atom. The second-order valence-electron chi connectivity index (χ2n) is 8.07. The van der Waals surface area contributed by atoms with Crippen molar-refractivity contribution in [3.05, 3.63) is 75.2 Å². The van der Waals surface area contributed by atoms with Crippen LogP contribution in [-0.2, 0) is 12.8 Å². The van der Waals surface area contributed by atoms with Gasteiger partial charge in [-0.1, -0.05) is 29.4 Å². The second-order valence-corrected chi connectivity index (χ2v) is 8.07. The molecule has 1 aromatic heterocycles. The van der Waals surface area contributed by atoms with E-state index in [1.165, 1.54) is 17.9 Å². The maximum atomic E-state index is 13.3. The average Bonchev–Trinajstić information content (AvgIpc) is 2.71. The van der Waals surface area contributed by atoms with Crippen LogP contribution in [0.15, 0.2) is 63.0 Å². The van der Waals surface area contributed by atoms with E-state index in [9.17, 15) is 15.0 Å². The second kappa shape index (κ2) is 9.13. The van der Waals surface area contributed by atoms with E-state index in [0.717, 1.165) is 16.9 Å². The van der Waals surface area contributed by atoms with E-state index in [2.05, 4.69) is 6.08 Å². The fourth-order valence-electron chi connectivity index (χ4n) is 3.42. The molecule has 162 valence electrons. The van der Waals surface area contributed by atoms with Crippen molar-refractivity contribution in [2.24, 2.45) is 0 Å². The van der Waals surface area contributed by atoms with Crippen molar-refractivity contribution in [3.8, 4) is 28.4 Å². The molecule has 0 amide bonds. The summed E-state index contributed by atoms with van der Waals surface area (Å²) in [4.78, 5) is 13.3. The third kappa shape index (κ3) is 4.66. The van der Waals surface area contributed by atoms with Crippen molar-refractivity contribution in [2.75, 3.05) is 7.11 Å². The molecule has 0 bridgehead atoms. The topological polar surface area (TPSA) is 79.9 Å². The number of aromatic hydroxyl groups is 2. The van der Waals surface area contributed by atoms with Crippen molar-refractivity contribution < 1.29 is 19.4 Å². The number of phenolic OH excluding ortho intramolecular Hbond substituents is 2. The predicted molar refractivity (Wildman–Crippen MR) is 124 cm³/mol. The molecular formula is C26H28O5. The summed E-state index contributed by atoms with van der Waals surface area (Å²) in [5.74, 6) is 0.386. The van der Waals surface area contributed by atoms with Crippen LogP contribution >= 0.6 is 0 Å². The van der Waals surface area contributed by atoms with Crippen molar-refractivity contribution in [1.82, 2.24) is 0 Å². The van der Waals surface area contributed by atoms with Crippen LogP contribution in [-0.4, -0.2) is 17.3 Å². The lowest BCUT2D eigenvalue weighted by Crippen LogP contribution is -2.06. The summed E-state index contributed by atoms with van der Waals surface area (Å²) in [6, 6.07) is 6.90. The molecule has 0 unspecified atom stereocenters. The molecule has 3 aromatic rings. The third-order valence-electron chi connectivity index (χ3n) is 5.16. The summed E-state index contributed by atoms with van der Waals surface area (Å²) in [7, 11) is 1.61. The molecule has 0 aliphatic carbocycles. The number of hydrogen-bond donors (Lipinski definition) is 2. The minimum absolute atomic E-state index is 0.0640. The highest BCUT2D eigenvalue weighted by atomic mass is 16.5. The average molecular weight is 421 g/mol. The van der Waals surface area contributed by atoms with Gasteiger partial charge in [0.1, 0.15) is 34.5 Å². The number of allylic oxidation sites excluding steroid dienone is 4. The van der Waals surface area contributed by atoms with Gasteiger partial charge >= 0.3 is 0 Å². The molecule has 1 heterocycles. The first-order valence-electron chi connectivity index (χ1n) is 10.2. The first kappa shape index (κ1) is 22.2. The number of fused-ring (bicyclic) bond motifs is 1. The van der Waals surface area contributed by atoms with Gasteiger partial charge in [0, 0.05) is 11.6 Å². The third-order valence-corrected chi connectivity index (χ3v) is 5.16. The Bertz CT molecular complexity index is 1240. The highest BCUT2D eigenvalue weighted by molar-refractivity contribution is 5.89. The number of hydrogen-bond acceptors (Lipinski definition) is 5. The highest BCUT2D eigenvalue weighted by Gasteiger charge is 2.19. The zero-order chi connectivity index (χ0) is 22.7. The van der Waals surface area contributed by atoms with Crippen molar-refractivity contribution in [1.29, 1.82) is 0 Å². The molecular weight excluding hydrogens is 392 g/mol. The van der Waals surface area contributed by atoms with Crippen LogP contribution in [0, 0.1) is 0 Å². The van der Waals surface area contributed by atoms with Crippen molar-refractivity contribution >= 4 is 11.0 Å². The maximum Gasteiger partial charge on any atom is 0.204 e. The molecule has 0 radical (unpaired) electrons. The van der Waals surface area contributed by atoms with E-state index in [1.807, 2.05) is 45.9 Å². The van der Waals surface area contributed by atoms with Gasteiger partial charge in [-0.25, -0.2) is 0 Å². The number of ether oxygens (including phenoxy) is 1. The summed E-state index contributed by atoms with van der Waals surface area (Å²) in [6.45, 7) is 7.91. The Morgan fingerprint density at radius 2 is 1.71 bits per heavy atom. The number of methoxy groups -OCH3 is 1. The molecule has 2 aromatic carbocycles. The Balaban J connectivity index is 2.19. The molecule has 2 N–H and O–H groups in total. The van der Waals surface area contributed by atoms with Crippen LogP contribution < -0.4 is 10.2 Å². The maximum absolute atomic E-state index is 13.3.